The van der Waals surface area contributed by atoms with Crippen molar-refractivity contribution in [2.75, 3.05) is 0 Å². The molecule has 5 nitrogen and oxygen atoms in total. The van der Waals surface area contributed by atoms with Crippen molar-refractivity contribution in [2.45, 2.75) is 6.54 Å². The molecule has 4 rings (SSSR count). The van der Waals surface area contributed by atoms with Gasteiger partial charge in [-0.3, -0.25) is 0 Å². The maximum absolute atomic E-state index is 5.71. The molecule has 0 saturated heterocycles. The number of nitrogens with two attached hydrogens (primary N) is 1. The number of rotatable bonds is 2. The highest BCUT2D eigenvalue weighted by Gasteiger charge is 2.09. The van der Waals surface area contributed by atoms with Crippen molar-refractivity contribution >= 4 is 16.6 Å². The first-order chi connectivity index (χ1) is 9.86. The Morgan fingerprint density at radius 3 is 2.95 bits per heavy atom. The van der Waals surface area contributed by atoms with Crippen molar-refractivity contribution in [1.82, 2.24) is 19.6 Å². The van der Waals surface area contributed by atoms with Crippen LogP contribution in [0.25, 0.3) is 27.8 Å². The van der Waals surface area contributed by atoms with Crippen molar-refractivity contribution in [1.29, 1.82) is 0 Å². The summed E-state index contributed by atoms with van der Waals surface area (Å²) in [7, 11) is 0. The van der Waals surface area contributed by atoms with E-state index >= 15 is 0 Å². The normalized spacial score (nSPS) is 11.4. The predicted molar refractivity (Wildman–Crippen MR) is 78.2 cm³/mol. The largest absolute Gasteiger partial charge is 0.360 e. The second kappa shape index (κ2) is 4.18. The third-order valence-electron chi connectivity index (χ3n) is 3.51. The minimum Gasteiger partial charge on any atom is -0.360 e. The number of imidazole rings is 1. The molecule has 0 atom stereocenters. The highest BCUT2D eigenvalue weighted by Crippen LogP contribution is 2.27. The number of benzene rings is 1. The fourth-order valence-corrected chi connectivity index (χ4v) is 2.49. The quantitative estimate of drug-likeness (QED) is 0.583. The zero-order valence-electron chi connectivity index (χ0n) is 10.7. The van der Waals surface area contributed by atoms with Crippen LogP contribution in [0.1, 0.15) is 5.69 Å². The van der Waals surface area contributed by atoms with E-state index in [1.165, 1.54) is 0 Å². The molecular weight excluding hydrogens is 250 g/mol. The summed E-state index contributed by atoms with van der Waals surface area (Å²) in [6, 6.07) is 12.1. The van der Waals surface area contributed by atoms with Gasteiger partial charge in [0.2, 0.25) is 0 Å². The summed E-state index contributed by atoms with van der Waals surface area (Å²) >= 11 is 0. The first-order valence-electron chi connectivity index (χ1n) is 6.47. The fraction of sp³-hybridized carbons (Fsp3) is 0.0667. The first kappa shape index (κ1) is 11.2. The molecule has 0 bridgehead atoms. The van der Waals surface area contributed by atoms with E-state index in [9.17, 15) is 0 Å². The van der Waals surface area contributed by atoms with Gasteiger partial charge in [-0.1, -0.05) is 18.2 Å². The molecule has 20 heavy (non-hydrogen) atoms. The van der Waals surface area contributed by atoms with Gasteiger partial charge in [0.15, 0.2) is 5.65 Å². The maximum Gasteiger partial charge on any atom is 0.153 e. The van der Waals surface area contributed by atoms with E-state index in [-0.39, 0.29) is 0 Å². The van der Waals surface area contributed by atoms with Crippen molar-refractivity contribution in [2.24, 2.45) is 5.73 Å². The minimum atomic E-state index is 0.422. The van der Waals surface area contributed by atoms with Gasteiger partial charge in [0.05, 0.1) is 17.6 Å². The Labute approximate surface area is 115 Å². The second-order valence-electron chi connectivity index (χ2n) is 4.69. The zero-order valence-corrected chi connectivity index (χ0v) is 10.7. The van der Waals surface area contributed by atoms with E-state index < -0.39 is 0 Å². The highest BCUT2D eigenvalue weighted by atomic mass is 15.3. The van der Waals surface area contributed by atoms with Crippen LogP contribution < -0.4 is 5.73 Å². The summed E-state index contributed by atoms with van der Waals surface area (Å²) in [6.07, 6.45) is 3.75. The second-order valence-corrected chi connectivity index (χ2v) is 4.69. The third-order valence-corrected chi connectivity index (χ3v) is 3.51. The molecule has 0 aliphatic rings. The molecule has 0 amide bonds. The molecule has 0 spiro atoms. The van der Waals surface area contributed by atoms with Crippen LogP contribution >= 0.6 is 0 Å². The summed E-state index contributed by atoms with van der Waals surface area (Å²) in [5.41, 5.74) is 10.5. The van der Waals surface area contributed by atoms with Crippen LogP contribution in [0.2, 0.25) is 0 Å². The molecule has 4 aromatic rings. The van der Waals surface area contributed by atoms with Crippen molar-refractivity contribution in [3.05, 3.63) is 54.5 Å². The minimum absolute atomic E-state index is 0.422. The van der Waals surface area contributed by atoms with Gasteiger partial charge in [-0.25, -0.2) is 9.50 Å². The van der Waals surface area contributed by atoms with Crippen LogP contribution in [-0.2, 0) is 6.54 Å². The standard InChI is InChI=1S/C15H13N5/c16-7-10-8-18-15-6-5-14(19-20(10)15)12-9-17-13-4-2-1-3-11(12)13/h1-6,8-9,17H,7,16H2. The lowest BCUT2D eigenvalue weighted by Crippen LogP contribution is -2.04. The summed E-state index contributed by atoms with van der Waals surface area (Å²) in [4.78, 5) is 7.55. The van der Waals surface area contributed by atoms with Crippen molar-refractivity contribution in [3.8, 4) is 11.3 Å². The van der Waals surface area contributed by atoms with Gasteiger partial charge in [0, 0.05) is 29.2 Å². The summed E-state index contributed by atoms with van der Waals surface area (Å²) < 4.78 is 1.80. The third kappa shape index (κ3) is 1.53. The Kier molecular flexibility index (Phi) is 2.34. The van der Waals surface area contributed by atoms with Crippen molar-refractivity contribution < 1.29 is 0 Å². The molecule has 1 aromatic carbocycles. The van der Waals surface area contributed by atoms with E-state index in [0.29, 0.717) is 6.54 Å². The van der Waals surface area contributed by atoms with Gasteiger partial charge in [0.1, 0.15) is 0 Å². The van der Waals surface area contributed by atoms with Crippen LogP contribution in [0.15, 0.2) is 48.8 Å². The number of para-hydroxylation sites is 1. The average Bonchev–Trinajstić information content (AvgIpc) is 3.10. The van der Waals surface area contributed by atoms with Gasteiger partial charge in [-0.2, -0.15) is 5.10 Å². The smallest absolute Gasteiger partial charge is 0.153 e. The number of hydrogen-bond donors (Lipinski definition) is 2. The molecule has 0 unspecified atom stereocenters. The van der Waals surface area contributed by atoms with Crippen LogP contribution in [0, 0.1) is 0 Å². The monoisotopic (exact) mass is 263 g/mol. The van der Waals surface area contributed by atoms with Crippen LogP contribution in [0.4, 0.5) is 0 Å². The molecule has 3 aromatic heterocycles. The first-order valence-corrected chi connectivity index (χ1v) is 6.47. The maximum atomic E-state index is 5.71. The molecule has 0 aliphatic heterocycles. The molecule has 0 fully saturated rings. The molecule has 0 aliphatic carbocycles. The van der Waals surface area contributed by atoms with E-state index in [4.69, 9.17) is 5.73 Å². The van der Waals surface area contributed by atoms with Crippen LogP contribution in [0.5, 0.6) is 0 Å². The van der Waals surface area contributed by atoms with E-state index in [1.54, 1.807) is 10.7 Å². The Morgan fingerprint density at radius 2 is 2.05 bits per heavy atom. The number of fused-ring (bicyclic) bond motifs is 2. The Morgan fingerprint density at radius 1 is 1.15 bits per heavy atom. The Hall–Kier alpha value is -2.66. The predicted octanol–water partition coefficient (Wildman–Crippen LogP) is 2.34. The van der Waals surface area contributed by atoms with Gasteiger partial charge in [0.25, 0.3) is 0 Å². The van der Waals surface area contributed by atoms with E-state index in [2.05, 4.69) is 27.2 Å². The fourth-order valence-electron chi connectivity index (χ4n) is 2.49. The van der Waals surface area contributed by atoms with E-state index in [0.717, 1.165) is 33.5 Å². The summed E-state index contributed by atoms with van der Waals surface area (Å²) in [5, 5.41) is 5.81. The molecule has 3 N–H and O–H groups in total. The number of aromatic amines is 1. The Balaban J connectivity index is 1.97. The van der Waals surface area contributed by atoms with Crippen LogP contribution in [-0.4, -0.2) is 19.6 Å². The van der Waals surface area contributed by atoms with Gasteiger partial charge in [-0.05, 0) is 18.2 Å². The number of nitrogens with one attached hydrogen (secondary N) is 1. The molecule has 3 heterocycles. The number of aromatic nitrogens is 4. The SMILES string of the molecule is NCc1cnc2ccc(-c3c[nH]c4ccccc34)nn12. The van der Waals surface area contributed by atoms with Gasteiger partial charge >= 0.3 is 0 Å². The van der Waals surface area contributed by atoms with Crippen LogP contribution in [0.3, 0.4) is 0 Å². The molecular formula is C15H13N5. The number of H-pyrrole nitrogens is 1. The highest BCUT2D eigenvalue weighted by molar-refractivity contribution is 5.94. The van der Waals surface area contributed by atoms with Crippen molar-refractivity contribution in [3.63, 3.8) is 0 Å². The lowest BCUT2D eigenvalue weighted by molar-refractivity contribution is 0.850. The average molecular weight is 263 g/mol. The lowest BCUT2D eigenvalue weighted by atomic mass is 10.1. The Bertz CT molecular complexity index is 903. The topological polar surface area (TPSA) is 72.0 Å². The lowest BCUT2D eigenvalue weighted by Gasteiger charge is -2.02. The summed E-state index contributed by atoms with van der Waals surface area (Å²) in [6.45, 7) is 0.422. The molecule has 0 radical (unpaired) electrons. The molecule has 5 heteroatoms. The van der Waals surface area contributed by atoms with Gasteiger partial charge in [-0.15, -0.1) is 0 Å². The van der Waals surface area contributed by atoms with Gasteiger partial charge < -0.3 is 10.7 Å². The number of hydrogen-bond acceptors (Lipinski definition) is 3. The zero-order chi connectivity index (χ0) is 13.5. The van der Waals surface area contributed by atoms with E-state index in [1.807, 2.05) is 30.5 Å². The number of nitrogens with zero attached hydrogens (tertiary/aromatic N) is 3. The molecule has 0 saturated carbocycles. The summed E-state index contributed by atoms with van der Waals surface area (Å²) in [5.74, 6) is 0. The molecule has 98 valence electrons.